The minimum absolute atomic E-state index is 0. The molecule has 0 aliphatic rings. The van der Waals surface area contributed by atoms with Gasteiger partial charge in [0.05, 0.1) is 10.8 Å². The second kappa shape index (κ2) is 10.3. The summed E-state index contributed by atoms with van der Waals surface area (Å²) in [6.07, 6.45) is 0.985. The Balaban J connectivity index is 0.00000361. The lowest BCUT2D eigenvalue weighted by molar-refractivity contribution is -0.121. The molecule has 0 heterocycles. The van der Waals surface area contributed by atoms with E-state index in [4.69, 9.17) is 5.73 Å². The quantitative estimate of drug-likeness (QED) is 0.758. The van der Waals surface area contributed by atoms with Crippen molar-refractivity contribution < 1.29 is 9.00 Å². The maximum Gasteiger partial charge on any atom is 0.220 e. The van der Waals surface area contributed by atoms with E-state index in [-0.39, 0.29) is 24.4 Å². The van der Waals surface area contributed by atoms with Crippen LogP contribution >= 0.6 is 28.3 Å². The van der Waals surface area contributed by atoms with Crippen molar-refractivity contribution in [2.24, 2.45) is 5.73 Å². The first-order valence-corrected chi connectivity index (χ1v) is 8.27. The van der Waals surface area contributed by atoms with Crippen molar-refractivity contribution in [3.63, 3.8) is 0 Å². The third-order valence-electron chi connectivity index (χ3n) is 2.57. The Hall–Kier alpha value is -0.430. The Bertz CT molecular complexity index is 443. The molecule has 4 nitrogen and oxygen atoms in total. The van der Waals surface area contributed by atoms with Crippen molar-refractivity contribution in [3.05, 3.63) is 28.7 Å². The highest BCUT2D eigenvalue weighted by atomic mass is 79.9. The fourth-order valence-corrected chi connectivity index (χ4v) is 2.82. The lowest BCUT2D eigenvalue weighted by Crippen LogP contribution is -2.37. The third-order valence-corrected chi connectivity index (χ3v) is 4.56. The van der Waals surface area contributed by atoms with E-state index in [2.05, 4.69) is 21.2 Å². The molecule has 0 fully saturated rings. The summed E-state index contributed by atoms with van der Waals surface area (Å²) in [4.78, 5) is 12.3. The zero-order chi connectivity index (χ0) is 14.3. The molecule has 1 amide bonds. The molecular weight excluding hydrogens is 364 g/mol. The van der Waals surface area contributed by atoms with Gasteiger partial charge in [-0.2, -0.15) is 0 Å². The standard InChI is InChI=1S/C13H19BrN2O2S.ClH/c1-10(9-15)16-13(17)3-2-8-19(18)12-6-4-11(14)5-7-12;/h4-7,10H,2-3,8-9,15H2,1H3,(H,16,17);1H/t10-,19?;/m0./s1. The van der Waals surface area contributed by atoms with Gasteiger partial charge in [0.1, 0.15) is 0 Å². The lowest BCUT2D eigenvalue weighted by atomic mass is 10.3. The van der Waals surface area contributed by atoms with Gasteiger partial charge in [0.2, 0.25) is 5.91 Å². The van der Waals surface area contributed by atoms with Gasteiger partial charge in [-0.1, -0.05) is 15.9 Å². The Labute approximate surface area is 136 Å². The van der Waals surface area contributed by atoms with Crippen LogP contribution in [0.15, 0.2) is 33.6 Å². The van der Waals surface area contributed by atoms with Crippen LogP contribution in [0.25, 0.3) is 0 Å². The molecule has 0 aliphatic carbocycles. The number of benzene rings is 1. The first-order chi connectivity index (χ1) is 9.02. The minimum Gasteiger partial charge on any atom is -0.352 e. The van der Waals surface area contributed by atoms with Crippen LogP contribution in [-0.2, 0) is 15.6 Å². The molecule has 1 aromatic rings. The number of carbonyl (C=O) groups excluding carboxylic acids is 1. The van der Waals surface area contributed by atoms with Crippen molar-refractivity contribution in [1.82, 2.24) is 5.32 Å². The van der Waals surface area contributed by atoms with Crippen molar-refractivity contribution in [1.29, 1.82) is 0 Å². The van der Waals surface area contributed by atoms with E-state index in [0.717, 1.165) is 9.37 Å². The van der Waals surface area contributed by atoms with Gasteiger partial charge in [0.25, 0.3) is 0 Å². The van der Waals surface area contributed by atoms with E-state index in [0.29, 0.717) is 25.1 Å². The SMILES string of the molecule is C[C@@H](CN)NC(=O)CCCS(=O)c1ccc(Br)cc1.Cl. The molecule has 0 radical (unpaired) electrons. The zero-order valence-electron chi connectivity index (χ0n) is 11.3. The van der Waals surface area contributed by atoms with Crippen LogP contribution in [0, 0.1) is 0 Å². The molecule has 0 spiro atoms. The number of nitrogens with two attached hydrogens (primary N) is 1. The maximum atomic E-state index is 12.0. The molecule has 1 unspecified atom stereocenters. The molecule has 0 saturated heterocycles. The fraction of sp³-hybridized carbons (Fsp3) is 0.462. The summed E-state index contributed by atoms with van der Waals surface area (Å²) < 4.78 is 12.9. The molecule has 1 rings (SSSR count). The summed E-state index contributed by atoms with van der Waals surface area (Å²) in [6.45, 7) is 2.29. The monoisotopic (exact) mass is 382 g/mol. The van der Waals surface area contributed by atoms with Crippen LogP contribution in [0.2, 0.25) is 0 Å². The summed E-state index contributed by atoms with van der Waals surface area (Å²) in [5, 5.41) is 2.78. The summed E-state index contributed by atoms with van der Waals surface area (Å²) >= 11 is 3.33. The second-order valence-corrected chi connectivity index (χ2v) is 6.80. The number of hydrogen-bond donors (Lipinski definition) is 2. The van der Waals surface area contributed by atoms with E-state index in [1.807, 2.05) is 31.2 Å². The van der Waals surface area contributed by atoms with Crippen LogP contribution in [0.3, 0.4) is 0 Å². The second-order valence-electron chi connectivity index (χ2n) is 4.31. The van der Waals surface area contributed by atoms with Crippen LogP contribution in [0.1, 0.15) is 19.8 Å². The van der Waals surface area contributed by atoms with Crippen LogP contribution in [0.4, 0.5) is 0 Å². The van der Waals surface area contributed by atoms with Gasteiger partial charge >= 0.3 is 0 Å². The largest absolute Gasteiger partial charge is 0.352 e. The number of hydrogen-bond acceptors (Lipinski definition) is 3. The predicted molar refractivity (Wildman–Crippen MR) is 88.6 cm³/mol. The van der Waals surface area contributed by atoms with E-state index < -0.39 is 10.8 Å². The Morgan fingerprint density at radius 3 is 2.55 bits per heavy atom. The Morgan fingerprint density at radius 2 is 2.00 bits per heavy atom. The van der Waals surface area contributed by atoms with Gasteiger partial charge in [0, 0.05) is 34.1 Å². The van der Waals surface area contributed by atoms with Crippen molar-refractivity contribution in [2.45, 2.75) is 30.7 Å². The van der Waals surface area contributed by atoms with Gasteiger partial charge < -0.3 is 11.1 Å². The topological polar surface area (TPSA) is 72.2 Å². The summed E-state index contributed by atoms with van der Waals surface area (Å²) in [5.41, 5.74) is 5.42. The van der Waals surface area contributed by atoms with Crippen LogP contribution in [0.5, 0.6) is 0 Å². The molecule has 1 aromatic carbocycles. The molecule has 7 heteroatoms. The number of amides is 1. The van der Waals surface area contributed by atoms with Gasteiger partial charge in [-0.25, -0.2) is 0 Å². The van der Waals surface area contributed by atoms with E-state index in [1.54, 1.807) is 0 Å². The fourth-order valence-electron chi connectivity index (χ4n) is 1.47. The number of carbonyl (C=O) groups is 1. The van der Waals surface area contributed by atoms with E-state index >= 15 is 0 Å². The molecule has 2 atom stereocenters. The van der Waals surface area contributed by atoms with Crippen LogP contribution < -0.4 is 11.1 Å². The van der Waals surface area contributed by atoms with E-state index in [9.17, 15) is 9.00 Å². The average molecular weight is 384 g/mol. The lowest BCUT2D eigenvalue weighted by Gasteiger charge is -2.10. The van der Waals surface area contributed by atoms with Gasteiger partial charge in [0.15, 0.2) is 0 Å². The molecule has 0 aromatic heterocycles. The predicted octanol–water partition coefficient (Wildman–Crippen LogP) is 2.22. The number of halogens is 2. The summed E-state index contributed by atoms with van der Waals surface area (Å²) in [6, 6.07) is 7.38. The van der Waals surface area contributed by atoms with Gasteiger partial charge in [-0.3, -0.25) is 9.00 Å². The van der Waals surface area contributed by atoms with Crippen LogP contribution in [-0.4, -0.2) is 28.5 Å². The van der Waals surface area contributed by atoms with E-state index in [1.165, 1.54) is 0 Å². The summed E-state index contributed by atoms with van der Waals surface area (Å²) in [5.74, 6) is 0.456. The molecule has 0 saturated carbocycles. The molecule has 114 valence electrons. The minimum atomic E-state index is -1.05. The maximum absolute atomic E-state index is 12.0. The van der Waals surface area contributed by atoms with Gasteiger partial charge in [-0.15, -0.1) is 12.4 Å². The first-order valence-electron chi connectivity index (χ1n) is 6.16. The Kier molecular flexibility index (Phi) is 10.1. The number of rotatable bonds is 7. The highest BCUT2D eigenvalue weighted by Crippen LogP contribution is 2.14. The number of nitrogens with one attached hydrogen (secondary N) is 1. The van der Waals surface area contributed by atoms with Crippen molar-refractivity contribution in [2.75, 3.05) is 12.3 Å². The molecule has 3 N–H and O–H groups in total. The average Bonchev–Trinajstić information content (AvgIpc) is 2.39. The zero-order valence-corrected chi connectivity index (χ0v) is 14.5. The molecule has 0 aliphatic heterocycles. The molecule has 20 heavy (non-hydrogen) atoms. The van der Waals surface area contributed by atoms with Gasteiger partial charge in [-0.05, 0) is 37.6 Å². The highest BCUT2D eigenvalue weighted by Gasteiger charge is 2.08. The van der Waals surface area contributed by atoms with Crippen molar-refractivity contribution >= 4 is 45.0 Å². The highest BCUT2D eigenvalue weighted by molar-refractivity contribution is 9.10. The Morgan fingerprint density at radius 1 is 1.40 bits per heavy atom. The smallest absolute Gasteiger partial charge is 0.220 e. The third kappa shape index (κ3) is 7.38. The van der Waals surface area contributed by atoms with Crippen molar-refractivity contribution in [3.8, 4) is 0 Å². The molecular formula is C13H20BrClN2O2S. The normalized spacial score (nSPS) is 13.2. The summed E-state index contributed by atoms with van der Waals surface area (Å²) in [7, 11) is -1.05. The first kappa shape index (κ1) is 19.6. The molecule has 0 bridgehead atoms.